The second-order valence-corrected chi connectivity index (χ2v) is 11.9. The Labute approximate surface area is 237 Å². The van der Waals surface area contributed by atoms with Gasteiger partial charge in [-0.3, -0.25) is 14.5 Å². The van der Waals surface area contributed by atoms with E-state index in [4.69, 9.17) is 16.3 Å². The van der Waals surface area contributed by atoms with Crippen molar-refractivity contribution in [1.29, 1.82) is 0 Å². The van der Waals surface area contributed by atoms with Crippen molar-refractivity contribution in [3.8, 4) is 16.9 Å². The SMILES string of the molecule is Cc1cc(Cl)cc(-c2ccnc3nc(CN4C(=O)C5C(C4=O)C5(C)C)sc23)c1OC1CCCNC1.Cl.Cl. The Morgan fingerprint density at radius 2 is 1.92 bits per heavy atom. The van der Waals surface area contributed by atoms with Crippen LogP contribution in [0.5, 0.6) is 5.75 Å². The molecule has 1 aliphatic carbocycles. The quantitative estimate of drug-likeness (QED) is 0.403. The summed E-state index contributed by atoms with van der Waals surface area (Å²) in [7, 11) is 0. The summed E-state index contributed by atoms with van der Waals surface area (Å²) in [4.78, 5) is 36.1. The predicted octanol–water partition coefficient (Wildman–Crippen LogP) is 5.44. The van der Waals surface area contributed by atoms with E-state index >= 15 is 0 Å². The lowest BCUT2D eigenvalue weighted by Crippen LogP contribution is -2.37. The number of fused-ring (bicyclic) bond motifs is 2. The van der Waals surface area contributed by atoms with E-state index in [0.717, 1.165) is 53.1 Å². The molecule has 3 aliphatic rings. The van der Waals surface area contributed by atoms with Crippen LogP contribution in [0.15, 0.2) is 24.4 Å². The summed E-state index contributed by atoms with van der Waals surface area (Å²) in [5, 5.41) is 4.73. The highest BCUT2D eigenvalue weighted by Gasteiger charge is 2.72. The van der Waals surface area contributed by atoms with E-state index in [-0.39, 0.29) is 66.5 Å². The first-order valence-electron chi connectivity index (χ1n) is 12.0. The van der Waals surface area contributed by atoms with E-state index in [0.29, 0.717) is 15.7 Å². The van der Waals surface area contributed by atoms with Gasteiger partial charge in [0.25, 0.3) is 0 Å². The largest absolute Gasteiger partial charge is 0.488 e. The summed E-state index contributed by atoms with van der Waals surface area (Å²) in [6.45, 7) is 8.00. The monoisotopic (exact) mass is 582 g/mol. The van der Waals surface area contributed by atoms with Gasteiger partial charge in [-0.05, 0) is 55.5 Å². The molecule has 2 amide bonds. The minimum atomic E-state index is -0.221. The van der Waals surface area contributed by atoms with Crippen molar-refractivity contribution in [2.24, 2.45) is 17.3 Å². The van der Waals surface area contributed by atoms with Crippen LogP contribution in [0, 0.1) is 24.2 Å². The Morgan fingerprint density at radius 3 is 2.59 bits per heavy atom. The van der Waals surface area contributed by atoms with Crippen molar-refractivity contribution < 1.29 is 14.3 Å². The number of ether oxygens (including phenoxy) is 1. The molecule has 4 heterocycles. The number of aryl methyl sites for hydroxylation is 1. The molecule has 1 aromatic carbocycles. The van der Waals surface area contributed by atoms with Crippen molar-refractivity contribution in [3.63, 3.8) is 0 Å². The molecular formula is C26H29Cl3N4O3S. The van der Waals surface area contributed by atoms with E-state index in [1.54, 1.807) is 6.20 Å². The van der Waals surface area contributed by atoms with E-state index in [9.17, 15) is 9.59 Å². The van der Waals surface area contributed by atoms with Gasteiger partial charge in [0.05, 0.1) is 23.1 Å². The molecule has 37 heavy (non-hydrogen) atoms. The first-order chi connectivity index (χ1) is 16.8. The predicted molar refractivity (Wildman–Crippen MR) is 150 cm³/mol. The zero-order valence-electron chi connectivity index (χ0n) is 20.7. The average molecular weight is 584 g/mol. The van der Waals surface area contributed by atoms with Gasteiger partial charge in [0, 0.05) is 28.9 Å². The molecular weight excluding hydrogens is 555 g/mol. The highest BCUT2D eigenvalue weighted by atomic mass is 35.5. The van der Waals surface area contributed by atoms with Gasteiger partial charge >= 0.3 is 0 Å². The maximum Gasteiger partial charge on any atom is 0.234 e. The number of carbonyl (C=O) groups excluding carboxylic acids is 2. The highest BCUT2D eigenvalue weighted by Crippen LogP contribution is 2.63. The summed E-state index contributed by atoms with van der Waals surface area (Å²) in [6.07, 6.45) is 3.91. The van der Waals surface area contributed by atoms with Crippen molar-refractivity contribution >= 4 is 69.9 Å². The van der Waals surface area contributed by atoms with Crippen LogP contribution in [0.2, 0.25) is 5.02 Å². The molecule has 198 valence electrons. The molecule has 3 aromatic rings. The number of nitrogens with zero attached hydrogens (tertiary/aromatic N) is 3. The van der Waals surface area contributed by atoms with Crippen LogP contribution in [0.25, 0.3) is 21.5 Å². The third-order valence-corrected chi connectivity index (χ3v) is 8.87. The van der Waals surface area contributed by atoms with E-state index in [2.05, 4.69) is 15.3 Å². The van der Waals surface area contributed by atoms with Gasteiger partial charge < -0.3 is 10.1 Å². The topological polar surface area (TPSA) is 84.4 Å². The Kier molecular flexibility index (Phi) is 7.81. The number of piperidine rings is 2. The summed E-state index contributed by atoms with van der Waals surface area (Å²) in [6, 6.07) is 5.80. The summed E-state index contributed by atoms with van der Waals surface area (Å²) in [5.41, 5.74) is 3.19. The van der Waals surface area contributed by atoms with Crippen LogP contribution >= 0.6 is 47.8 Å². The van der Waals surface area contributed by atoms with Crippen LogP contribution < -0.4 is 10.1 Å². The number of nitrogens with one attached hydrogen (secondary N) is 1. The number of halogens is 3. The van der Waals surface area contributed by atoms with Crippen molar-refractivity contribution in [1.82, 2.24) is 20.2 Å². The number of imide groups is 1. The molecule has 2 aromatic heterocycles. The zero-order valence-corrected chi connectivity index (χ0v) is 24.0. The van der Waals surface area contributed by atoms with Crippen LogP contribution in [0.1, 0.15) is 37.3 Å². The fraction of sp³-hybridized carbons (Fsp3) is 0.462. The van der Waals surface area contributed by atoms with Crippen LogP contribution in [0.4, 0.5) is 0 Å². The molecule has 2 aliphatic heterocycles. The van der Waals surface area contributed by atoms with Crippen LogP contribution in [0.3, 0.4) is 0 Å². The Bertz CT molecular complexity index is 1350. The van der Waals surface area contributed by atoms with Crippen molar-refractivity contribution in [2.45, 2.75) is 46.3 Å². The molecule has 1 saturated carbocycles. The second kappa shape index (κ2) is 10.3. The van der Waals surface area contributed by atoms with Crippen molar-refractivity contribution in [3.05, 3.63) is 40.0 Å². The number of hydrogen-bond donors (Lipinski definition) is 1. The zero-order chi connectivity index (χ0) is 24.5. The van der Waals surface area contributed by atoms with Gasteiger partial charge in [-0.2, -0.15) is 0 Å². The van der Waals surface area contributed by atoms with Gasteiger partial charge in [0.2, 0.25) is 11.8 Å². The van der Waals surface area contributed by atoms with E-state index in [1.807, 2.05) is 39.0 Å². The second-order valence-electron chi connectivity index (χ2n) is 10.3. The summed E-state index contributed by atoms with van der Waals surface area (Å²) >= 11 is 7.94. The van der Waals surface area contributed by atoms with Gasteiger partial charge in [-0.1, -0.05) is 25.4 Å². The molecule has 0 spiro atoms. The number of likely N-dealkylation sites (tertiary alicyclic amines) is 1. The first kappa shape index (κ1) is 28.0. The van der Waals surface area contributed by atoms with E-state index in [1.165, 1.54) is 16.2 Å². The summed E-state index contributed by atoms with van der Waals surface area (Å²) < 4.78 is 7.39. The normalized spacial score (nSPS) is 23.9. The van der Waals surface area contributed by atoms with Gasteiger partial charge in [0.15, 0.2) is 5.65 Å². The smallest absolute Gasteiger partial charge is 0.234 e. The fourth-order valence-corrected chi connectivity index (χ4v) is 6.94. The number of thiazole rings is 1. The molecule has 3 unspecified atom stereocenters. The number of rotatable bonds is 5. The minimum absolute atomic E-state index is 0. The minimum Gasteiger partial charge on any atom is -0.488 e. The lowest BCUT2D eigenvalue weighted by Gasteiger charge is -2.26. The molecule has 3 fully saturated rings. The van der Waals surface area contributed by atoms with Crippen LogP contribution in [-0.4, -0.2) is 45.9 Å². The molecule has 1 N–H and O–H groups in total. The number of hydrogen-bond acceptors (Lipinski definition) is 7. The molecule has 2 saturated heterocycles. The van der Waals surface area contributed by atoms with Gasteiger partial charge in [-0.25, -0.2) is 9.97 Å². The molecule has 7 nitrogen and oxygen atoms in total. The third kappa shape index (κ3) is 4.72. The molecule has 3 atom stereocenters. The number of benzene rings is 1. The fourth-order valence-electron chi connectivity index (χ4n) is 5.62. The lowest BCUT2D eigenvalue weighted by molar-refractivity contribution is -0.143. The Morgan fingerprint density at radius 1 is 1.19 bits per heavy atom. The summed E-state index contributed by atoms with van der Waals surface area (Å²) in [5.74, 6) is 0.264. The van der Waals surface area contributed by atoms with E-state index < -0.39 is 0 Å². The molecule has 0 bridgehead atoms. The molecule has 6 rings (SSSR count). The number of pyridine rings is 1. The Hall–Kier alpha value is -1.97. The highest BCUT2D eigenvalue weighted by molar-refractivity contribution is 7.19. The van der Waals surface area contributed by atoms with Crippen LogP contribution in [-0.2, 0) is 16.1 Å². The maximum atomic E-state index is 12.8. The van der Waals surface area contributed by atoms with Crippen molar-refractivity contribution in [2.75, 3.05) is 13.1 Å². The number of carbonyl (C=O) groups is 2. The molecule has 11 heteroatoms. The average Bonchev–Trinajstić information content (AvgIpc) is 3.07. The maximum absolute atomic E-state index is 12.8. The van der Waals surface area contributed by atoms with Gasteiger partial charge in [-0.15, -0.1) is 36.2 Å². The Balaban J connectivity index is 0.00000160. The standard InChI is InChI=1S/C26H27ClN4O3S.2ClH/c1-13-9-14(27)10-17(21(13)34-15-5-4-7-28-11-15)16-6-8-29-23-22(16)35-18(30-23)12-31-24(32)19-20(25(31)33)26(19,2)3;;/h6,8-10,15,19-20,28H,4-5,7,11-12H2,1-3H3;2*1H. The number of aromatic nitrogens is 2. The van der Waals surface area contributed by atoms with Gasteiger partial charge in [0.1, 0.15) is 16.9 Å². The third-order valence-electron chi connectivity index (χ3n) is 7.59. The first-order valence-corrected chi connectivity index (χ1v) is 13.2. The molecule has 0 radical (unpaired) electrons. The lowest BCUT2D eigenvalue weighted by atomic mass is 10.0. The number of amides is 2.